The molecular weight excluding hydrogens is 269 g/mol. The number of alkyl halides is 3. The highest BCUT2D eigenvalue weighted by atomic mass is 19.4. The third kappa shape index (κ3) is 2.76. The summed E-state index contributed by atoms with van der Waals surface area (Å²) in [5.74, 6) is 0. The largest absolute Gasteiger partial charge is 0.433 e. The highest BCUT2D eigenvalue weighted by molar-refractivity contribution is 5.51. The summed E-state index contributed by atoms with van der Waals surface area (Å²) in [6, 6.07) is 2.41. The molecule has 7 heteroatoms. The molecule has 2 rings (SSSR count). The molecule has 20 heavy (non-hydrogen) atoms. The minimum Gasteiger partial charge on any atom is -0.385 e. The van der Waals surface area contributed by atoms with Crippen molar-refractivity contribution in [3.05, 3.63) is 41.0 Å². The monoisotopic (exact) mass is 284 g/mol. The van der Waals surface area contributed by atoms with Gasteiger partial charge in [-0.2, -0.15) is 18.3 Å². The first-order chi connectivity index (χ1) is 9.32. The lowest BCUT2D eigenvalue weighted by Gasteiger charge is -2.08. The van der Waals surface area contributed by atoms with Gasteiger partial charge < -0.3 is 5.32 Å². The Kier molecular flexibility index (Phi) is 3.69. The smallest absolute Gasteiger partial charge is 0.385 e. The molecule has 0 spiro atoms. The van der Waals surface area contributed by atoms with E-state index in [1.807, 2.05) is 13.8 Å². The zero-order valence-electron chi connectivity index (χ0n) is 11.4. The first-order valence-electron chi connectivity index (χ1n) is 6.07. The minimum absolute atomic E-state index is 0.388. The van der Waals surface area contributed by atoms with Gasteiger partial charge in [-0.3, -0.25) is 9.67 Å². The van der Waals surface area contributed by atoms with E-state index in [1.165, 1.54) is 12.3 Å². The van der Waals surface area contributed by atoms with Crippen molar-refractivity contribution in [2.24, 2.45) is 0 Å². The van der Waals surface area contributed by atoms with Gasteiger partial charge in [-0.1, -0.05) is 6.07 Å². The van der Waals surface area contributed by atoms with Crippen LogP contribution in [0.1, 0.15) is 22.6 Å². The van der Waals surface area contributed by atoms with E-state index in [9.17, 15) is 13.2 Å². The second-order valence-corrected chi connectivity index (χ2v) is 4.50. The Hall–Kier alpha value is -2.05. The number of anilines is 1. The maximum absolute atomic E-state index is 12.4. The summed E-state index contributed by atoms with van der Waals surface area (Å²) in [6.07, 6.45) is -3.17. The van der Waals surface area contributed by atoms with Gasteiger partial charge in [0, 0.05) is 13.2 Å². The van der Waals surface area contributed by atoms with Crippen LogP contribution >= 0.6 is 0 Å². The third-order valence-corrected chi connectivity index (χ3v) is 3.08. The van der Waals surface area contributed by atoms with Gasteiger partial charge in [0.15, 0.2) is 0 Å². The molecule has 4 nitrogen and oxygen atoms in total. The third-order valence-electron chi connectivity index (χ3n) is 3.08. The molecule has 1 N–H and O–H groups in total. The van der Waals surface area contributed by atoms with Crippen LogP contribution in [0.3, 0.4) is 0 Å². The lowest BCUT2D eigenvalue weighted by Crippen LogP contribution is -2.09. The number of pyridine rings is 1. The molecule has 0 aliphatic carbocycles. The van der Waals surface area contributed by atoms with Crippen molar-refractivity contribution in [2.75, 3.05) is 12.4 Å². The van der Waals surface area contributed by atoms with Crippen molar-refractivity contribution in [3.8, 4) is 0 Å². The SMILES string of the molecule is CNc1c(C)nn(Cc2ccc(C(F)(F)F)nc2)c1C. The van der Waals surface area contributed by atoms with Gasteiger partial charge in [-0.25, -0.2) is 0 Å². The molecule has 0 unspecified atom stereocenters. The quantitative estimate of drug-likeness (QED) is 0.942. The lowest BCUT2D eigenvalue weighted by molar-refractivity contribution is -0.141. The molecule has 0 aliphatic heterocycles. The van der Waals surface area contributed by atoms with Gasteiger partial charge >= 0.3 is 6.18 Å². The molecule has 0 amide bonds. The second-order valence-electron chi connectivity index (χ2n) is 4.50. The molecule has 2 aromatic rings. The topological polar surface area (TPSA) is 42.7 Å². The summed E-state index contributed by atoms with van der Waals surface area (Å²) in [7, 11) is 1.81. The van der Waals surface area contributed by atoms with Crippen molar-refractivity contribution in [1.82, 2.24) is 14.8 Å². The van der Waals surface area contributed by atoms with Crippen molar-refractivity contribution in [1.29, 1.82) is 0 Å². The fourth-order valence-corrected chi connectivity index (χ4v) is 2.07. The normalized spacial score (nSPS) is 11.7. The number of nitrogens with zero attached hydrogens (tertiary/aromatic N) is 3. The Bertz CT molecular complexity index is 599. The van der Waals surface area contributed by atoms with E-state index in [0.29, 0.717) is 12.1 Å². The zero-order valence-corrected chi connectivity index (χ0v) is 11.4. The number of halogens is 3. The number of aryl methyl sites for hydroxylation is 1. The Morgan fingerprint density at radius 2 is 1.95 bits per heavy atom. The van der Waals surface area contributed by atoms with Crippen LogP contribution < -0.4 is 5.32 Å². The fraction of sp³-hybridized carbons (Fsp3) is 0.385. The van der Waals surface area contributed by atoms with E-state index in [1.54, 1.807) is 11.7 Å². The highest BCUT2D eigenvalue weighted by Crippen LogP contribution is 2.27. The summed E-state index contributed by atoms with van der Waals surface area (Å²) in [5, 5.41) is 7.40. The molecule has 2 heterocycles. The zero-order chi connectivity index (χ0) is 14.9. The van der Waals surface area contributed by atoms with Crippen molar-refractivity contribution in [3.63, 3.8) is 0 Å². The number of aromatic nitrogens is 3. The van der Waals surface area contributed by atoms with Gasteiger partial charge in [0.05, 0.1) is 23.6 Å². The maximum atomic E-state index is 12.4. The molecule has 0 atom stereocenters. The average molecular weight is 284 g/mol. The highest BCUT2D eigenvalue weighted by Gasteiger charge is 2.32. The van der Waals surface area contributed by atoms with Gasteiger partial charge in [0.25, 0.3) is 0 Å². The first kappa shape index (κ1) is 14.4. The standard InChI is InChI=1S/C13H15F3N4/c1-8-12(17-3)9(2)20(19-8)7-10-4-5-11(18-6-10)13(14,15)16/h4-6,17H,7H2,1-3H3. The molecule has 108 valence electrons. The van der Waals surface area contributed by atoms with Crippen LogP contribution in [0.15, 0.2) is 18.3 Å². The van der Waals surface area contributed by atoms with Crippen LogP contribution in [0, 0.1) is 13.8 Å². The maximum Gasteiger partial charge on any atom is 0.433 e. The van der Waals surface area contributed by atoms with E-state index < -0.39 is 11.9 Å². The Balaban J connectivity index is 2.23. The van der Waals surface area contributed by atoms with Crippen LogP contribution in [0.2, 0.25) is 0 Å². The second kappa shape index (κ2) is 5.15. The van der Waals surface area contributed by atoms with Gasteiger partial charge in [-0.15, -0.1) is 0 Å². The fourth-order valence-electron chi connectivity index (χ4n) is 2.07. The lowest BCUT2D eigenvalue weighted by atomic mass is 10.2. The molecule has 0 fully saturated rings. The van der Waals surface area contributed by atoms with Crippen molar-refractivity contribution in [2.45, 2.75) is 26.6 Å². The van der Waals surface area contributed by atoms with Crippen LogP contribution in [-0.4, -0.2) is 21.8 Å². The number of hydrogen-bond acceptors (Lipinski definition) is 3. The summed E-state index contributed by atoms with van der Waals surface area (Å²) >= 11 is 0. The van der Waals surface area contributed by atoms with E-state index in [2.05, 4.69) is 15.4 Å². The molecular formula is C13H15F3N4. The van der Waals surface area contributed by atoms with E-state index in [-0.39, 0.29) is 0 Å². The van der Waals surface area contributed by atoms with Crippen molar-refractivity contribution >= 4 is 5.69 Å². The summed E-state index contributed by atoms with van der Waals surface area (Å²) in [6.45, 7) is 4.17. The van der Waals surface area contributed by atoms with E-state index >= 15 is 0 Å². The molecule has 0 saturated carbocycles. The Morgan fingerprint density at radius 3 is 2.40 bits per heavy atom. The van der Waals surface area contributed by atoms with Crippen LogP contribution in [0.25, 0.3) is 0 Å². The van der Waals surface area contributed by atoms with Crippen molar-refractivity contribution < 1.29 is 13.2 Å². The van der Waals surface area contributed by atoms with Crippen LogP contribution in [0.4, 0.5) is 18.9 Å². The van der Waals surface area contributed by atoms with Gasteiger partial charge in [0.1, 0.15) is 5.69 Å². The summed E-state index contributed by atoms with van der Waals surface area (Å²) in [4.78, 5) is 3.44. The number of rotatable bonds is 3. The summed E-state index contributed by atoms with van der Waals surface area (Å²) in [5.41, 5.74) is 2.51. The number of hydrogen-bond donors (Lipinski definition) is 1. The molecule has 0 bridgehead atoms. The predicted molar refractivity (Wildman–Crippen MR) is 69.6 cm³/mol. The number of nitrogens with one attached hydrogen (secondary N) is 1. The summed E-state index contributed by atoms with van der Waals surface area (Å²) < 4.78 is 39.0. The van der Waals surface area contributed by atoms with E-state index in [4.69, 9.17) is 0 Å². The first-order valence-corrected chi connectivity index (χ1v) is 6.07. The molecule has 0 aromatic carbocycles. The van der Waals surface area contributed by atoms with Crippen LogP contribution in [0.5, 0.6) is 0 Å². The molecule has 0 aliphatic rings. The Morgan fingerprint density at radius 1 is 1.25 bits per heavy atom. The van der Waals surface area contributed by atoms with Gasteiger partial charge in [0.2, 0.25) is 0 Å². The van der Waals surface area contributed by atoms with Crippen LogP contribution in [-0.2, 0) is 12.7 Å². The van der Waals surface area contributed by atoms with Gasteiger partial charge in [-0.05, 0) is 25.5 Å². The Labute approximate surface area is 114 Å². The molecule has 0 saturated heterocycles. The molecule has 0 radical (unpaired) electrons. The average Bonchev–Trinajstić information content (AvgIpc) is 2.63. The van der Waals surface area contributed by atoms with E-state index in [0.717, 1.165) is 23.1 Å². The predicted octanol–water partition coefficient (Wildman–Crippen LogP) is 3.00. The minimum atomic E-state index is -4.41. The molecule has 2 aromatic heterocycles.